The highest BCUT2D eigenvalue weighted by Gasteiger charge is 1.97. The number of carbonyl (C=O) groups excluding carboxylic acids is 2. The van der Waals surface area contributed by atoms with Gasteiger partial charge < -0.3 is 9.47 Å². The molecule has 0 saturated heterocycles. The maximum absolute atomic E-state index is 10.6. The van der Waals surface area contributed by atoms with E-state index < -0.39 is 0 Å². The summed E-state index contributed by atoms with van der Waals surface area (Å²) >= 11 is 0. The van der Waals surface area contributed by atoms with Gasteiger partial charge in [0.15, 0.2) is 0 Å². The third-order valence-electron chi connectivity index (χ3n) is 2.09. The summed E-state index contributed by atoms with van der Waals surface area (Å²) in [6.07, 6.45) is 5.12. The molecule has 0 aromatic rings. The number of ether oxygens (including phenoxy) is 2. The van der Waals surface area contributed by atoms with Gasteiger partial charge in [-0.2, -0.15) is 0 Å². The van der Waals surface area contributed by atoms with Gasteiger partial charge in [-0.1, -0.05) is 41.0 Å². The van der Waals surface area contributed by atoms with Crippen LogP contribution in [0.2, 0.25) is 0 Å². The molecule has 4 heteroatoms. The molecule has 0 bridgehead atoms. The van der Waals surface area contributed by atoms with E-state index in [0.29, 0.717) is 26.1 Å². The zero-order chi connectivity index (χ0) is 14.2. The van der Waals surface area contributed by atoms with E-state index in [1.807, 2.05) is 6.92 Å². The van der Waals surface area contributed by atoms with Crippen molar-refractivity contribution in [2.75, 3.05) is 13.2 Å². The first-order valence-corrected chi connectivity index (χ1v) is 6.93. The number of carbonyl (C=O) groups is 2. The van der Waals surface area contributed by atoms with Crippen molar-refractivity contribution in [3.63, 3.8) is 0 Å². The normalized spacial score (nSPS) is 8.63. The van der Waals surface area contributed by atoms with Crippen LogP contribution in [0.5, 0.6) is 0 Å². The van der Waals surface area contributed by atoms with Crippen LogP contribution < -0.4 is 0 Å². The fourth-order valence-corrected chi connectivity index (χ4v) is 0.987. The summed E-state index contributed by atoms with van der Waals surface area (Å²) < 4.78 is 9.50. The Kier molecular flexibility index (Phi) is 23.4. The summed E-state index contributed by atoms with van der Waals surface area (Å²) in [5, 5.41) is 0. The van der Waals surface area contributed by atoms with Crippen molar-refractivity contribution in [1.82, 2.24) is 0 Å². The molecule has 0 aliphatic rings. The van der Waals surface area contributed by atoms with Gasteiger partial charge in [0.05, 0.1) is 13.2 Å². The van der Waals surface area contributed by atoms with Crippen LogP contribution in [0.4, 0.5) is 0 Å². The predicted octanol–water partition coefficient (Wildman–Crippen LogP) is 4.12. The molecule has 0 rings (SSSR count). The Labute approximate surface area is 118 Å². The van der Waals surface area contributed by atoms with Crippen molar-refractivity contribution < 1.29 is 19.1 Å². The molecule has 0 unspecified atom stereocenters. The number of hydrogen-bond acceptors (Lipinski definition) is 4. The summed E-state index contributed by atoms with van der Waals surface area (Å²) in [6.45, 7) is 8.84. The van der Waals surface area contributed by atoms with Crippen LogP contribution in [0.15, 0.2) is 0 Å². The second-order valence-corrected chi connectivity index (χ2v) is 3.84. The molecule has 0 saturated carbocycles. The van der Waals surface area contributed by atoms with E-state index in [9.17, 15) is 9.59 Å². The zero-order valence-corrected chi connectivity index (χ0v) is 12.3. The molecule has 0 aliphatic carbocycles. The average molecular weight is 276 g/mol. The summed E-state index contributed by atoms with van der Waals surface area (Å²) in [4.78, 5) is 21.0. The first-order chi connectivity index (χ1) is 8.62. The number of esters is 2. The smallest absolute Gasteiger partial charge is 0.305 e. The summed E-state index contributed by atoms with van der Waals surface area (Å²) in [7, 11) is 0. The van der Waals surface area contributed by atoms with Crippen molar-refractivity contribution in [2.24, 2.45) is 0 Å². The van der Waals surface area contributed by atoms with E-state index in [1.165, 1.54) is 0 Å². The molecule has 0 aromatic carbocycles. The molecule has 0 amide bonds. The lowest BCUT2D eigenvalue weighted by atomic mass is 10.3. The van der Waals surface area contributed by atoms with E-state index in [0.717, 1.165) is 25.7 Å². The number of hydrogen-bond donors (Lipinski definition) is 0. The van der Waals surface area contributed by atoms with E-state index in [4.69, 9.17) is 9.47 Å². The first-order valence-electron chi connectivity index (χ1n) is 6.93. The Bertz CT molecular complexity index is 202. The average Bonchev–Trinajstić information content (AvgIpc) is 2.37. The van der Waals surface area contributed by atoms with Gasteiger partial charge in [-0.3, -0.25) is 9.59 Å². The molecule has 116 valence electrons. The second-order valence-electron chi connectivity index (χ2n) is 3.84. The molecular weight excluding hydrogens is 244 g/mol. The topological polar surface area (TPSA) is 52.6 Å². The minimum Gasteiger partial charge on any atom is -0.466 e. The third kappa shape index (κ3) is 22.6. The van der Waals surface area contributed by atoms with Crippen molar-refractivity contribution >= 4 is 11.9 Å². The lowest BCUT2D eigenvalue weighted by molar-refractivity contribution is -0.144. The highest BCUT2D eigenvalue weighted by molar-refractivity contribution is 5.69. The van der Waals surface area contributed by atoms with E-state index >= 15 is 0 Å². The van der Waals surface area contributed by atoms with E-state index in [-0.39, 0.29) is 19.4 Å². The third-order valence-corrected chi connectivity index (χ3v) is 2.09. The molecule has 0 N–H and O–H groups in total. The lowest BCUT2D eigenvalue weighted by Crippen LogP contribution is -2.02. The van der Waals surface area contributed by atoms with Gasteiger partial charge in [0.25, 0.3) is 0 Å². The molecule has 4 nitrogen and oxygen atoms in total. The molecule has 0 spiro atoms. The van der Waals surface area contributed by atoms with Crippen molar-refractivity contribution in [1.29, 1.82) is 0 Å². The largest absolute Gasteiger partial charge is 0.466 e. The molecule has 19 heavy (non-hydrogen) atoms. The van der Waals surface area contributed by atoms with Crippen molar-refractivity contribution in [3.05, 3.63) is 0 Å². The quantitative estimate of drug-likeness (QED) is 0.494. The fraction of sp³-hybridized carbons (Fsp3) is 0.867. The van der Waals surface area contributed by atoms with Crippen LogP contribution in [-0.2, 0) is 19.1 Å². The Morgan fingerprint density at radius 2 is 1.42 bits per heavy atom. The molecule has 0 fully saturated rings. The van der Waals surface area contributed by atoms with Crippen LogP contribution in [-0.4, -0.2) is 25.2 Å². The molecule has 0 aliphatic heterocycles. The van der Waals surface area contributed by atoms with Crippen LogP contribution in [0, 0.1) is 0 Å². The molecule has 0 heterocycles. The van der Waals surface area contributed by atoms with Crippen LogP contribution in [0.25, 0.3) is 0 Å². The van der Waals surface area contributed by atoms with Crippen molar-refractivity contribution in [3.8, 4) is 0 Å². The van der Waals surface area contributed by atoms with Crippen LogP contribution >= 0.6 is 0 Å². The lowest BCUT2D eigenvalue weighted by Gasteiger charge is -1.99. The molecular formula is C15H32O4. The van der Waals surface area contributed by atoms with Gasteiger partial charge in [-0.15, -0.1) is 0 Å². The van der Waals surface area contributed by atoms with Crippen LogP contribution in [0.3, 0.4) is 0 Å². The maximum Gasteiger partial charge on any atom is 0.305 e. The maximum atomic E-state index is 10.6. The minimum atomic E-state index is -0.0940. The Morgan fingerprint density at radius 3 is 1.84 bits per heavy atom. The zero-order valence-electron chi connectivity index (χ0n) is 12.3. The van der Waals surface area contributed by atoms with E-state index in [2.05, 4.69) is 13.8 Å². The standard InChI is InChI=1S/2C7H14O2.CH4/c1-3-5-6-7(8)9-4-2;1-3-5-6-9-7(8)4-2;/h2*3-6H2,1-2H3;1H4. The fourth-order valence-electron chi connectivity index (χ4n) is 0.987. The predicted molar refractivity (Wildman–Crippen MR) is 79.0 cm³/mol. The summed E-state index contributed by atoms with van der Waals surface area (Å²) in [5.74, 6) is -0.164. The first kappa shape index (κ1) is 23.1. The van der Waals surface area contributed by atoms with Gasteiger partial charge in [-0.05, 0) is 19.8 Å². The monoisotopic (exact) mass is 276 g/mol. The van der Waals surface area contributed by atoms with Gasteiger partial charge in [0, 0.05) is 12.8 Å². The summed E-state index contributed by atoms with van der Waals surface area (Å²) in [5.41, 5.74) is 0. The highest BCUT2D eigenvalue weighted by atomic mass is 16.5. The summed E-state index contributed by atoms with van der Waals surface area (Å²) in [6, 6.07) is 0. The number of unbranched alkanes of at least 4 members (excludes halogenated alkanes) is 2. The Balaban J connectivity index is -0.000000256. The van der Waals surface area contributed by atoms with Gasteiger partial charge in [0.2, 0.25) is 0 Å². The molecule has 0 radical (unpaired) electrons. The Morgan fingerprint density at radius 1 is 0.842 bits per heavy atom. The van der Waals surface area contributed by atoms with Crippen LogP contribution in [0.1, 0.15) is 73.6 Å². The van der Waals surface area contributed by atoms with Crippen molar-refractivity contribution in [2.45, 2.75) is 73.6 Å². The van der Waals surface area contributed by atoms with Gasteiger partial charge in [-0.25, -0.2) is 0 Å². The molecule has 0 aromatic heterocycles. The van der Waals surface area contributed by atoms with E-state index in [1.54, 1.807) is 6.92 Å². The van der Waals surface area contributed by atoms with Gasteiger partial charge >= 0.3 is 11.9 Å². The van der Waals surface area contributed by atoms with Gasteiger partial charge in [0.1, 0.15) is 0 Å². The minimum absolute atomic E-state index is 0. The second kappa shape index (κ2) is 19.3. The Hall–Kier alpha value is -1.06. The number of rotatable bonds is 8. The molecule has 0 atom stereocenters. The SMILES string of the molecule is C.CCCCC(=O)OCC.CCCCOC(=O)CC. The highest BCUT2D eigenvalue weighted by Crippen LogP contribution is 1.95.